The Morgan fingerprint density at radius 2 is 2.05 bits per heavy atom. The van der Waals surface area contributed by atoms with Crippen LogP contribution in [0.1, 0.15) is 31.4 Å². The van der Waals surface area contributed by atoms with Crippen LogP contribution in [-0.4, -0.2) is 34.2 Å². The molecule has 6 heteroatoms. The first-order chi connectivity index (χ1) is 9.08. The molecule has 1 saturated carbocycles. The molecule has 0 aliphatic heterocycles. The molecular weight excluding hydrogens is 246 g/mol. The van der Waals surface area contributed by atoms with Crippen LogP contribution >= 0.6 is 0 Å². The standard InChI is InChI=1S/C13H19N3O3/c1-8-7-11(16-13(14-8)19-2)15-10-5-3-9(4-6-10)12(17)18/h7,9-10H,3-6H2,1-2H3,(H,17,18)(H,14,15,16). The third-order valence-electron chi connectivity index (χ3n) is 3.44. The minimum Gasteiger partial charge on any atom is -0.481 e. The number of aliphatic carboxylic acids is 1. The smallest absolute Gasteiger partial charge is 0.318 e. The number of hydrogen-bond donors (Lipinski definition) is 2. The van der Waals surface area contributed by atoms with Crippen LogP contribution in [0.3, 0.4) is 0 Å². The summed E-state index contributed by atoms with van der Waals surface area (Å²) in [6, 6.07) is 2.49. The SMILES string of the molecule is COc1nc(C)cc(NC2CCC(C(=O)O)CC2)n1. The third-order valence-corrected chi connectivity index (χ3v) is 3.44. The number of carboxylic acid groups (broad SMARTS) is 1. The van der Waals surface area contributed by atoms with Crippen LogP contribution < -0.4 is 10.1 Å². The number of carboxylic acids is 1. The number of nitrogens with zero attached hydrogens (tertiary/aromatic N) is 2. The second-order valence-electron chi connectivity index (χ2n) is 4.91. The molecule has 0 saturated heterocycles. The third kappa shape index (κ3) is 3.56. The lowest BCUT2D eigenvalue weighted by Gasteiger charge is -2.27. The summed E-state index contributed by atoms with van der Waals surface area (Å²) in [6.45, 7) is 1.89. The Labute approximate surface area is 112 Å². The zero-order valence-corrected chi connectivity index (χ0v) is 11.2. The molecule has 6 nitrogen and oxygen atoms in total. The van der Waals surface area contributed by atoms with Crippen molar-refractivity contribution < 1.29 is 14.6 Å². The summed E-state index contributed by atoms with van der Waals surface area (Å²) in [5.74, 6) is -0.138. The van der Waals surface area contributed by atoms with Crippen molar-refractivity contribution in [2.45, 2.75) is 38.6 Å². The van der Waals surface area contributed by atoms with E-state index in [1.54, 1.807) is 0 Å². The van der Waals surface area contributed by atoms with Gasteiger partial charge in [-0.25, -0.2) is 4.98 Å². The predicted molar refractivity (Wildman–Crippen MR) is 70.3 cm³/mol. The number of aromatic nitrogens is 2. The molecule has 0 bridgehead atoms. The molecule has 0 atom stereocenters. The van der Waals surface area contributed by atoms with E-state index in [1.807, 2.05) is 13.0 Å². The van der Waals surface area contributed by atoms with Gasteiger partial charge >= 0.3 is 12.0 Å². The summed E-state index contributed by atoms with van der Waals surface area (Å²) in [4.78, 5) is 19.3. The van der Waals surface area contributed by atoms with Gasteiger partial charge in [-0.3, -0.25) is 4.79 Å². The molecule has 19 heavy (non-hydrogen) atoms. The Bertz CT molecular complexity index is 456. The van der Waals surface area contributed by atoms with Gasteiger partial charge in [0.05, 0.1) is 13.0 Å². The summed E-state index contributed by atoms with van der Waals surface area (Å²) >= 11 is 0. The number of anilines is 1. The summed E-state index contributed by atoms with van der Waals surface area (Å²) in [6.07, 6.45) is 3.13. The van der Waals surface area contributed by atoms with Gasteiger partial charge in [-0.05, 0) is 32.6 Å². The Hall–Kier alpha value is -1.85. The van der Waals surface area contributed by atoms with E-state index in [9.17, 15) is 4.79 Å². The number of hydrogen-bond acceptors (Lipinski definition) is 5. The summed E-state index contributed by atoms with van der Waals surface area (Å²) in [7, 11) is 1.54. The minimum atomic E-state index is -0.682. The summed E-state index contributed by atoms with van der Waals surface area (Å²) < 4.78 is 5.03. The second-order valence-corrected chi connectivity index (χ2v) is 4.91. The number of rotatable bonds is 4. The van der Waals surface area contributed by atoms with Gasteiger partial charge in [0, 0.05) is 17.8 Å². The average molecular weight is 265 g/mol. The Morgan fingerprint density at radius 1 is 1.37 bits per heavy atom. The minimum absolute atomic E-state index is 0.195. The molecule has 1 fully saturated rings. The van der Waals surface area contributed by atoms with Gasteiger partial charge in [0.15, 0.2) is 0 Å². The maximum Gasteiger partial charge on any atom is 0.318 e. The van der Waals surface area contributed by atoms with Gasteiger partial charge < -0.3 is 15.2 Å². The molecule has 1 heterocycles. The van der Waals surface area contributed by atoms with Crippen LogP contribution in [-0.2, 0) is 4.79 Å². The molecule has 2 N–H and O–H groups in total. The molecule has 0 radical (unpaired) electrons. The number of aryl methyl sites for hydroxylation is 1. The van der Waals surface area contributed by atoms with E-state index < -0.39 is 5.97 Å². The highest BCUT2D eigenvalue weighted by Gasteiger charge is 2.26. The van der Waals surface area contributed by atoms with Crippen molar-refractivity contribution >= 4 is 11.8 Å². The van der Waals surface area contributed by atoms with Gasteiger partial charge in [-0.15, -0.1) is 0 Å². The molecule has 1 aliphatic carbocycles. The van der Waals surface area contributed by atoms with Crippen LogP contribution in [0.15, 0.2) is 6.07 Å². The highest BCUT2D eigenvalue weighted by atomic mass is 16.5. The molecule has 0 amide bonds. The van der Waals surface area contributed by atoms with E-state index in [2.05, 4.69) is 15.3 Å². The van der Waals surface area contributed by atoms with E-state index in [1.165, 1.54) is 7.11 Å². The van der Waals surface area contributed by atoms with Crippen molar-refractivity contribution in [3.63, 3.8) is 0 Å². The van der Waals surface area contributed by atoms with E-state index >= 15 is 0 Å². The van der Waals surface area contributed by atoms with Crippen LogP contribution in [0.4, 0.5) is 5.82 Å². The van der Waals surface area contributed by atoms with Gasteiger partial charge in [-0.1, -0.05) is 0 Å². The molecule has 1 aromatic heterocycles. The van der Waals surface area contributed by atoms with Crippen LogP contribution in [0, 0.1) is 12.8 Å². The topological polar surface area (TPSA) is 84.3 Å². The number of nitrogens with one attached hydrogen (secondary N) is 1. The molecule has 0 spiro atoms. The Kier molecular flexibility index (Phi) is 4.19. The molecule has 0 unspecified atom stereocenters. The highest BCUT2D eigenvalue weighted by molar-refractivity contribution is 5.70. The summed E-state index contributed by atoms with van der Waals surface area (Å²) in [5, 5.41) is 12.3. The normalized spacial score (nSPS) is 22.8. The quantitative estimate of drug-likeness (QED) is 0.864. The molecule has 2 rings (SSSR count). The van der Waals surface area contributed by atoms with E-state index in [0.29, 0.717) is 18.9 Å². The Balaban J connectivity index is 1.95. The fourth-order valence-electron chi connectivity index (χ4n) is 2.40. The number of methoxy groups -OCH3 is 1. The average Bonchev–Trinajstić information content (AvgIpc) is 2.38. The summed E-state index contributed by atoms with van der Waals surface area (Å²) in [5.41, 5.74) is 0.841. The maximum absolute atomic E-state index is 10.9. The molecule has 104 valence electrons. The fraction of sp³-hybridized carbons (Fsp3) is 0.615. The zero-order valence-electron chi connectivity index (χ0n) is 11.2. The maximum atomic E-state index is 10.9. The molecule has 0 aromatic carbocycles. The highest BCUT2D eigenvalue weighted by Crippen LogP contribution is 2.26. The van der Waals surface area contributed by atoms with Crippen LogP contribution in [0.2, 0.25) is 0 Å². The van der Waals surface area contributed by atoms with Crippen molar-refractivity contribution in [2.24, 2.45) is 5.92 Å². The molecular formula is C13H19N3O3. The van der Waals surface area contributed by atoms with Crippen molar-refractivity contribution in [3.8, 4) is 6.01 Å². The second kappa shape index (κ2) is 5.86. The first-order valence-corrected chi connectivity index (χ1v) is 6.47. The fourth-order valence-corrected chi connectivity index (χ4v) is 2.40. The number of carbonyl (C=O) groups is 1. The molecule has 1 aromatic rings. The lowest BCUT2D eigenvalue weighted by atomic mass is 9.86. The zero-order chi connectivity index (χ0) is 13.8. The monoisotopic (exact) mass is 265 g/mol. The lowest BCUT2D eigenvalue weighted by molar-refractivity contribution is -0.142. The van der Waals surface area contributed by atoms with E-state index in [0.717, 1.165) is 24.4 Å². The van der Waals surface area contributed by atoms with Gasteiger partial charge in [0.25, 0.3) is 0 Å². The van der Waals surface area contributed by atoms with Crippen molar-refractivity contribution in [3.05, 3.63) is 11.8 Å². The first kappa shape index (κ1) is 13.6. The van der Waals surface area contributed by atoms with Crippen LogP contribution in [0.25, 0.3) is 0 Å². The van der Waals surface area contributed by atoms with E-state index in [4.69, 9.17) is 9.84 Å². The van der Waals surface area contributed by atoms with Gasteiger partial charge in [0.1, 0.15) is 5.82 Å². The van der Waals surface area contributed by atoms with Crippen molar-refractivity contribution in [1.29, 1.82) is 0 Å². The molecule has 1 aliphatic rings. The van der Waals surface area contributed by atoms with E-state index in [-0.39, 0.29) is 12.0 Å². The predicted octanol–water partition coefficient (Wildman–Crippen LogP) is 1.85. The van der Waals surface area contributed by atoms with Crippen LogP contribution in [0.5, 0.6) is 6.01 Å². The number of ether oxygens (including phenoxy) is 1. The van der Waals surface area contributed by atoms with Gasteiger partial charge in [0.2, 0.25) is 0 Å². The van der Waals surface area contributed by atoms with Crippen molar-refractivity contribution in [1.82, 2.24) is 9.97 Å². The Morgan fingerprint density at radius 3 is 2.63 bits per heavy atom. The first-order valence-electron chi connectivity index (χ1n) is 6.47. The van der Waals surface area contributed by atoms with Gasteiger partial charge in [-0.2, -0.15) is 4.98 Å². The van der Waals surface area contributed by atoms with Crippen molar-refractivity contribution in [2.75, 3.05) is 12.4 Å². The lowest BCUT2D eigenvalue weighted by Crippen LogP contribution is -2.29. The largest absolute Gasteiger partial charge is 0.481 e.